The number of hydrogen-bond acceptors (Lipinski definition) is 8. The zero-order valence-electron chi connectivity index (χ0n) is 19.8. The second-order valence-corrected chi connectivity index (χ2v) is 10.9. The van der Waals surface area contributed by atoms with Crippen molar-refractivity contribution in [2.45, 2.75) is 32.7 Å². The number of nitrogens with zero attached hydrogens (tertiary/aromatic N) is 4. The van der Waals surface area contributed by atoms with Crippen LogP contribution in [-0.4, -0.2) is 55.1 Å². The van der Waals surface area contributed by atoms with Gasteiger partial charge in [-0.1, -0.05) is 18.2 Å². The molecule has 4 rings (SSSR count). The summed E-state index contributed by atoms with van der Waals surface area (Å²) >= 11 is 0. The largest absolute Gasteiger partial charge is 0.479 e. The summed E-state index contributed by atoms with van der Waals surface area (Å²) in [6.45, 7) is 4.53. The molecule has 0 radical (unpaired) electrons. The molecule has 1 atom stereocenters. The Morgan fingerprint density at radius 2 is 1.86 bits per heavy atom. The highest BCUT2D eigenvalue weighted by Crippen LogP contribution is 2.36. The van der Waals surface area contributed by atoms with Gasteiger partial charge in [0.2, 0.25) is 5.88 Å². The Hall–Kier alpha value is -3.15. The van der Waals surface area contributed by atoms with Gasteiger partial charge in [-0.05, 0) is 19.9 Å². The summed E-state index contributed by atoms with van der Waals surface area (Å²) in [6, 6.07) is 4.94. The van der Waals surface area contributed by atoms with Gasteiger partial charge in [-0.3, -0.25) is 0 Å². The zero-order valence-corrected chi connectivity index (χ0v) is 20.6. The zero-order chi connectivity index (χ0) is 25.5. The molecule has 35 heavy (non-hydrogen) atoms. The van der Waals surface area contributed by atoms with E-state index >= 15 is 0 Å². The molecule has 0 aliphatic carbocycles. The minimum Gasteiger partial charge on any atom is -0.479 e. The first-order valence-corrected chi connectivity index (χ1v) is 12.8. The molecule has 3 aromatic rings. The molecule has 1 aliphatic heterocycles. The number of ether oxygens (including phenoxy) is 1. The summed E-state index contributed by atoms with van der Waals surface area (Å²) in [5.74, 6) is -3.25. The maximum absolute atomic E-state index is 14.9. The van der Waals surface area contributed by atoms with Crippen molar-refractivity contribution in [1.82, 2.24) is 15.0 Å². The van der Waals surface area contributed by atoms with Crippen LogP contribution in [0, 0.1) is 12.7 Å². The van der Waals surface area contributed by atoms with E-state index in [2.05, 4.69) is 20.3 Å². The lowest BCUT2D eigenvalue weighted by Gasteiger charge is -2.29. The molecule has 1 saturated heterocycles. The van der Waals surface area contributed by atoms with E-state index < -0.39 is 33.2 Å². The van der Waals surface area contributed by atoms with Gasteiger partial charge >= 0.3 is 0 Å². The number of sulfone groups is 1. The molecule has 0 spiro atoms. The van der Waals surface area contributed by atoms with Crippen molar-refractivity contribution in [2.24, 2.45) is 0 Å². The molecule has 188 valence electrons. The van der Waals surface area contributed by atoms with Gasteiger partial charge in [0.05, 0.1) is 35.6 Å². The van der Waals surface area contributed by atoms with Crippen molar-refractivity contribution in [3.63, 3.8) is 0 Å². The number of methoxy groups -OCH3 is 1. The summed E-state index contributed by atoms with van der Waals surface area (Å²) in [6.07, 6.45) is 0. The summed E-state index contributed by atoms with van der Waals surface area (Å²) in [5.41, 5.74) is 0.293. The number of nitrogens with one attached hydrogen (secondary N) is 1. The quantitative estimate of drug-likeness (QED) is 0.533. The highest BCUT2D eigenvalue weighted by atomic mass is 32.2. The third-order valence-corrected chi connectivity index (χ3v) is 7.55. The van der Waals surface area contributed by atoms with Crippen molar-refractivity contribution in [2.75, 3.05) is 41.9 Å². The fraction of sp³-hybridized carbons (Fsp3) is 0.435. The Bertz CT molecular complexity index is 1370. The standard InChI is InChI=1S/C23H26F3N5O3S/c1-13(15-6-5-7-17(19(15)24)23(3,25)26)27-20-16-12-18(31-8-10-35(32,33)11-9-31)22(34-4)30-21(16)29-14(2)28-20/h5-7,12-13H,8-11H2,1-4H3,(H,27,28,29,30)/t13-/m1/s1. The third-order valence-electron chi connectivity index (χ3n) is 5.94. The van der Waals surface area contributed by atoms with E-state index in [4.69, 9.17) is 4.74 Å². The van der Waals surface area contributed by atoms with Crippen LogP contribution in [0.4, 0.5) is 24.7 Å². The minimum atomic E-state index is -3.32. The lowest BCUT2D eigenvalue weighted by Crippen LogP contribution is -2.40. The van der Waals surface area contributed by atoms with Crippen LogP contribution in [0.1, 0.15) is 36.8 Å². The molecule has 8 nitrogen and oxygen atoms in total. The Kier molecular flexibility index (Phi) is 6.52. The normalized spacial score (nSPS) is 16.8. The molecule has 0 unspecified atom stereocenters. The molecule has 0 amide bonds. The lowest BCUT2D eigenvalue weighted by molar-refractivity contribution is 0.0136. The predicted octanol–water partition coefficient (Wildman–Crippen LogP) is 4.00. The highest BCUT2D eigenvalue weighted by molar-refractivity contribution is 7.91. The van der Waals surface area contributed by atoms with Crippen LogP contribution in [0.15, 0.2) is 24.3 Å². The van der Waals surface area contributed by atoms with Crippen LogP contribution in [0.2, 0.25) is 0 Å². The van der Waals surface area contributed by atoms with E-state index in [1.807, 2.05) is 4.90 Å². The molecule has 2 aromatic heterocycles. The lowest BCUT2D eigenvalue weighted by atomic mass is 10.0. The highest BCUT2D eigenvalue weighted by Gasteiger charge is 2.30. The Balaban J connectivity index is 1.75. The van der Waals surface area contributed by atoms with Crippen LogP contribution in [0.25, 0.3) is 11.0 Å². The molecule has 1 aliphatic rings. The van der Waals surface area contributed by atoms with E-state index in [0.29, 0.717) is 35.3 Å². The smallest absolute Gasteiger partial charge is 0.273 e. The van der Waals surface area contributed by atoms with Crippen LogP contribution in [-0.2, 0) is 15.8 Å². The van der Waals surface area contributed by atoms with Crippen LogP contribution in [0.3, 0.4) is 0 Å². The number of aryl methyl sites for hydroxylation is 1. The molecule has 0 saturated carbocycles. The van der Waals surface area contributed by atoms with Crippen molar-refractivity contribution in [3.8, 4) is 5.88 Å². The fourth-order valence-corrected chi connectivity index (χ4v) is 5.28. The third kappa shape index (κ3) is 5.12. The SMILES string of the molecule is COc1nc2nc(C)nc(N[C@H](C)c3cccc(C(C)(F)F)c3F)c2cc1N1CCS(=O)(=O)CC1. The Morgan fingerprint density at radius 3 is 2.49 bits per heavy atom. The molecule has 1 aromatic carbocycles. The fourth-order valence-electron chi connectivity index (χ4n) is 4.08. The van der Waals surface area contributed by atoms with Crippen molar-refractivity contribution >= 4 is 32.4 Å². The molecule has 1 N–H and O–H groups in total. The van der Waals surface area contributed by atoms with Gasteiger partial charge in [0.15, 0.2) is 15.5 Å². The van der Waals surface area contributed by atoms with Gasteiger partial charge in [-0.2, -0.15) is 4.98 Å². The van der Waals surface area contributed by atoms with Gasteiger partial charge in [0, 0.05) is 25.6 Å². The summed E-state index contributed by atoms with van der Waals surface area (Å²) in [4.78, 5) is 15.2. The van der Waals surface area contributed by atoms with E-state index in [1.54, 1.807) is 19.9 Å². The average molecular weight is 510 g/mol. The van der Waals surface area contributed by atoms with Gasteiger partial charge < -0.3 is 15.0 Å². The van der Waals surface area contributed by atoms with Crippen molar-refractivity contribution in [1.29, 1.82) is 0 Å². The second-order valence-electron chi connectivity index (χ2n) is 8.61. The maximum Gasteiger partial charge on any atom is 0.273 e. The number of alkyl halides is 2. The predicted molar refractivity (Wildman–Crippen MR) is 127 cm³/mol. The summed E-state index contributed by atoms with van der Waals surface area (Å²) in [7, 11) is -1.63. The Labute approximate surface area is 201 Å². The van der Waals surface area contributed by atoms with Gasteiger partial charge in [0.25, 0.3) is 5.92 Å². The summed E-state index contributed by atoms with van der Waals surface area (Å²) in [5, 5.41) is 3.61. The minimum absolute atomic E-state index is 0.0123. The van der Waals surface area contributed by atoms with Gasteiger partial charge in [0.1, 0.15) is 23.1 Å². The van der Waals surface area contributed by atoms with Gasteiger partial charge in [-0.15, -0.1) is 0 Å². The maximum atomic E-state index is 14.9. The Morgan fingerprint density at radius 1 is 1.17 bits per heavy atom. The van der Waals surface area contributed by atoms with E-state index in [0.717, 1.165) is 6.07 Å². The van der Waals surface area contributed by atoms with E-state index in [-0.39, 0.29) is 36.0 Å². The molecule has 0 bridgehead atoms. The first-order valence-electron chi connectivity index (χ1n) is 11.0. The number of benzene rings is 1. The molecule has 12 heteroatoms. The number of halogens is 3. The monoisotopic (exact) mass is 509 g/mol. The first-order chi connectivity index (χ1) is 16.4. The summed E-state index contributed by atoms with van der Waals surface area (Å²) < 4.78 is 71.8. The number of rotatable bonds is 6. The molecule has 3 heterocycles. The molecular formula is C23H26F3N5O3S. The van der Waals surface area contributed by atoms with Crippen LogP contribution >= 0.6 is 0 Å². The first kappa shape index (κ1) is 25.0. The van der Waals surface area contributed by atoms with Crippen LogP contribution in [0.5, 0.6) is 5.88 Å². The van der Waals surface area contributed by atoms with Crippen molar-refractivity contribution in [3.05, 3.63) is 47.0 Å². The number of hydrogen-bond donors (Lipinski definition) is 1. The van der Waals surface area contributed by atoms with Crippen molar-refractivity contribution < 1.29 is 26.3 Å². The number of pyridine rings is 1. The van der Waals surface area contributed by atoms with E-state index in [9.17, 15) is 21.6 Å². The number of anilines is 2. The number of fused-ring (bicyclic) bond motifs is 1. The average Bonchev–Trinajstić information content (AvgIpc) is 2.77. The molecule has 1 fully saturated rings. The van der Waals surface area contributed by atoms with E-state index in [1.165, 1.54) is 19.2 Å². The number of aromatic nitrogens is 3. The van der Waals surface area contributed by atoms with Gasteiger partial charge in [-0.25, -0.2) is 31.6 Å². The molecular weight excluding hydrogens is 483 g/mol. The second kappa shape index (κ2) is 9.14. The topological polar surface area (TPSA) is 97.3 Å². The van der Waals surface area contributed by atoms with Crippen LogP contribution < -0.4 is 15.0 Å².